The van der Waals surface area contributed by atoms with Gasteiger partial charge in [-0.3, -0.25) is 0 Å². The van der Waals surface area contributed by atoms with E-state index in [0.29, 0.717) is 0 Å². The first-order chi connectivity index (χ1) is 7.93. The third-order valence-corrected chi connectivity index (χ3v) is 3.04. The fourth-order valence-electron chi connectivity index (χ4n) is 1.21. The maximum atomic E-state index is 13.0. The van der Waals surface area contributed by atoms with Gasteiger partial charge in [0.25, 0.3) is 5.92 Å². The summed E-state index contributed by atoms with van der Waals surface area (Å²) in [6.07, 6.45) is 1.26. The van der Waals surface area contributed by atoms with Crippen molar-refractivity contribution in [3.05, 3.63) is 16.9 Å². The minimum Gasteiger partial charge on any atom is -0.461 e. The summed E-state index contributed by atoms with van der Waals surface area (Å²) in [5.41, 5.74) is 0.0496. The largest absolute Gasteiger partial charge is 0.461 e. The monoisotopic (exact) mass is 261 g/mol. The van der Waals surface area contributed by atoms with E-state index in [0.717, 1.165) is 22.8 Å². The molecule has 92 valence electrons. The van der Waals surface area contributed by atoms with Gasteiger partial charge in [0.1, 0.15) is 0 Å². The molecule has 0 amide bonds. The Balaban J connectivity index is 2.46. The summed E-state index contributed by atoms with van der Waals surface area (Å²) < 4.78 is 31.9. The SMILES string of the molecule is CCOC(=O)c1cnc2sc(C(C)(F)F)nn12. The molecule has 0 aliphatic rings. The fraction of sp³-hybridized carbons (Fsp3) is 0.444. The van der Waals surface area contributed by atoms with Crippen molar-refractivity contribution in [2.75, 3.05) is 6.61 Å². The molecular weight excluding hydrogens is 252 g/mol. The van der Waals surface area contributed by atoms with Gasteiger partial charge in [-0.05, 0) is 6.92 Å². The van der Waals surface area contributed by atoms with Crippen LogP contribution in [0.1, 0.15) is 29.3 Å². The second kappa shape index (κ2) is 4.02. The van der Waals surface area contributed by atoms with E-state index in [2.05, 4.69) is 10.1 Å². The minimum absolute atomic E-state index is 0.0496. The Labute approximate surface area is 99.0 Å². The molecule has 0 aromatic carbocycles. The van der Waals surface area contributed by atoms with Crippen molar-refractivity contribution in [2.24, 2.45) is 0 Å². The molecule has 0 atom stereocenters. The molecule has 17 heavy (non-hydrogen) atoms. The van der Waals surface area contributed by atoms with Crippen LogP contribution in [0.15, 0.2) is 6.20 Å². The molecule has 0 aliphatic heterocycles. The second-order valence-corrected chi connectivity index (χ2v) is 4.31. The minimum atomic E-state index is -3.04. The van der Waals surface area contributed by atoms with Crippen LogP contribution in [0, 0.1) is 0 Å². The van der Waals surface area contributed by atoms with Crippen molar-refractivity contribution in [1.29, 1.82) is 0 Å². The van der Waals surface area contributed by atoms with Gasteiger partial charge >= 0.3 is 5.97 Å². The zero-order chi connectivity index (χ0) is 12.6. The Morgan fingerprint density at radius 2 is 2.35 bits per heavy atom. The van der Waals surface area contributed by atoms with Gasteiger partial charge in [-0.1, -0.05) is 11.3 Å². The molecule has 0 N–H and O–H groups in total. The van der Waals surface area contributed by atoms with Crippen molar-refractivity contribution >= 4 is 22.3 Å². The van der Waals surface area contributed by atoms with Crippen LogP contribution >= 0.6 is 11.3 Å². The van der Waals surface area contributed by atoms with Gasteiger partial charge in [0.15, 0.2) is 10.7 Å². The van der Waals surface area contributed by atoms with Crippen molar-refractivity contribution in [3.8, 4) is 0 Å². The molecule has 8 heteroatoms. The predicted molar refractivity (Wildman–Crippen MR) is 56.4 cm³/mol. The zero-order valence-corrected chi connectivity index (χ0v) is 9.92. The summed E-state index contributed by atoms with van der Waals surface area (Å²) in [4.78, 5) is 15.6. The molecule has 2 rings (SSSR count). The number of fused-ring (bicyclic) bond motifs is 1. The van der Waals surface area contributed by atoms with Crippen molar-refractivity contribution in [1.82, 2.24) is 14.6 Å². The van der Waals surface area contributed by atoms with E-state index >= 15 is 0 Å². The van der Waals surface area contributed by atoms with E-state index in [9.17, 15) is 13.6 Å². The quantitative estimate of drug-likeness (QED) is 0.794. The summed E-state index contributed by atoms with van der Waals surface area (Å²) in [6, 6.07) is 0. The fourth-order valence-corrected chi connectivity index (χ4v) is 2.02. The Morgan fingerprint density at radius 1 is 1.65 bits per heavy atom. The third-order valence-electron chi connectivity index (χ3n) is 1.95. The summed E-state index contributed by atoms with van der Waals surface area (Å²) >= 11 is 0.744. The van der Waals surface area contributed by atoms with Crippen LogP contribution < -0.4 is 0 Å². The Morgan fingerprint density at radius 3 is 2.94 bits per heavy atom. The molecule has 2 aromatic heterocycles. The summed E-state index contributed by atoms with van der Waals surface area (Å²) in [5, 5.41) is 3.29. The number of aromatic nitrogens is 3. The van der Waals surface area contributed by atoms with Crippen LogP contribution in [-0.2, 0) is 10.7 Å². The molecule has 0 spiro atoms. The molecule has 0 radical (unpaired) electrons. The number of nitrogens with zero attached hydrogens (tertiary/aromatic N) is 3. The smallest absolute Gasteiger partial charge is 0.358 e. The van der Waals surface area contributed by atoms with Gasteiger partial charge in [-0.25, -0.2) is 9.78 Å². The average Bonchev–Trinajstić information content (AvgIpc) is 2.73. The van der Waals surface area contributed by atoms with E-state index in [1.54, 1.807) is 6.92 Å². The lowest BCUT2D eigenvalue weighted by molar-refractivity contribution is 0.0161. The number of ether oxygens (including phenoxy) is 1. The first-order valence-electron chi connectivity index (χ1n) is 4.83. The van der Waals surface area contributed by atoms with Crippen LogP contribution in [0.25, 0.3) is 4.96 Å². The van der Waals surface area contributed by atoms with Gasteiger partial charge in [0, 0.05) is 6.92 Å². The van der Waals surface area contributed by atoms with Gasteiger partial charge in [-0.15, -0.1) is 0 Å². The summed E-state index contributed by atoms with van der Waals surface area (Å²) in [7, 11) is 0. The number of rotatable bonds is 3. The van der Waals surface area contributed by atoms with Crippen molar-refractivity contribution < 1.29 is 18.3 Å². The van der Waals surface area contributed by atoms with E-state index in [1.165, 1.54) is 6.20 Å². The highest BCUT2D eigenvalue weighted by atomic mass is 32.1. The number of halogens is 2. The Bertz CT molecular complexity index is 558. The van der Waals surface area contributed by atoms with Crippen LogP contribution in [-0.4, -0.2) is 27.2 Å². The highest BCUT2D eigenvalue weighted by Gasteiger charge is 2.31. The number of hydrogen-bond donors (Lipinski definition) is 0. The van der Waals surface area contributed by atoms with Gasteiger partial charge in [-0.2, -0.15) is 18.4 Å². The third kappa shape index (κ3) is 2.12. The lowest BCUT2D eigenvalue weighted by atomic mass is 10.4. The summed E-state index contributed by atoms with van der Waals surface area (Å²) in [6.45, 7) is 2.60. The van der Waals surface area contributed by atoms with Crippen LogP contribution in [0.5, 0.6) is 0 Å². The lowest BCUT2D eigenvalue weighted by Gasteiger charge is -2.03. The summed E-state index contributed by atoms with van der Waals surface area (Å²) in [5.74, 6) is -3.67. The maximum absolute atomic E-state index is 13.0. The molecular formula is C9H9F2N3O2S. The molecule has 0 bridgehead atoms. The predicted octanol–water partition coefficient (Wildman–Crippen LogP) is 2.08. The molecule has 0 unspecified atom stereocenters. The van der Waals surface area contributed by atoms with E-state index < -0.39 is 11.9 Å². The molecule has 0 fully saturated rings. The normalized spacial score (nSPS) is 12.0. The van der Waals surface area contributed by atoms with Crippen LogP contribution in [0.3, 0.4) is 0 Å². The molecule has 2 heterocycles. The molecule has 2 aromatic rings. The number of carbonyl (C=O) groups is 1. The first-order valence-corrected chi connectivity index (χ1v) is 5.65. The first kappa shape index (κ1) is 11.9. The number of hydrogen-bond acceptors (Lipinski definition) is 5. The number of carbonyl (C=O) groups excluding carboxylic acids is 1. The number of imidazole rings is 1. The van der Waals surface area contributed by atoms with Gasteiger partial charge in [0.05, 0.1) is 12.8 Å². The zero-order valence-electron chi connectivity index (χ0n) is 9.11. The molecule has 0 saturated heterocycles. The van der Waals surface area contributed by atoms with Gasteiger partial charge in [0.2, 0.25) is 4.96 Å². The van der Waals surface area contributed by atoms with Crippen molar-refractivity contribution in [2.45, 2.75) is 19.8 Å². The Kier molecular flexibility index (Phi) is 2.82. The van der Waals surface area contributed by atoms with Crippen LogP contribution in [0.4, 0.5) is 8.78 Å². The molecule has 0 aliphatic carbocycles. The highest BCUT2D eigenvalue weighted by molar-refractivity contribution is 7.16. The highest BCUT2D eigenvalue weighted by Crippen LogP contribution is 2.30. The standard InChI is InChI=1S/C9H9F2N3O2S/c1-3-16-6(15)5-4-12-8-14(5)13-7(17-8)9(2,10)11/h4H,3H2,1-2H3. The lowest BCUT2D eigenvalue weighted by Crippen LogP contribution is -2.11. The van der Waals surface area contributed by atoms with E-state index in [1.807, 2.05) is 0 Å². The van der Waals surface area contributed by atoms with E-state index in [-0.39, 0.29) is 22.3 Å². The Hall–Kier alpha value is -1.57. The van der Waals surface area contributed by atoms with E-state index in [4.69, 9.17) is 4.74 Å². The molecule has 0 saturated carbocycles. The maximum Gasteiger partial charge on any atom is 0.358 e. The van der Waals surface area contributed by atoms with Crippen LogP contribution in [0.2, 0.25) is 0 Å². The second-order valence-electron chi connectivity index (χ2n) is 3.35. The molecule has 5 nitrogen and oxygen atoms in total. The van der Waals surface area contributed by atoms with Gasteiger partial charge < -0.3 is 4.74 Å². The topological polar surface area (TPSA) is 56.5 Å². The average molecular weight is 261 g/mol. The number of alkyl halides is 2. The number of esters is 1. The van der Waals surface area contributed by atoms with Crippen molar-refractivity contribution in [3.63, 3.8) is 0 Å².